The maximum atomic E-state index is 11.8. The monoisotopic (exact) mass is 470 g/mol. The molecule has 2 rings (SSSR count). The average Bonchev–Trinajstić information content (AvgIpc) is 2.80. The molecule has 0 aromatic heterocycles. The molecule has 2 amide bonds. The summed E-state index contributed by atoms with van der Waals surface area (Å²) in [7, 11) is 0. The van der Waals surface area contributed by atoms with Crippen LogP contribution in [0.4, 0.5) is 4.79 Å². The zero-order valence-electron chi connectivity index (χ0n) is 26.4. The van der Waals surface area contributed by atoms with E-state index in [0.717, 1.165) is 17.6 Å². The Hall–Kier alpha value is -2.45. The minimum absolute atomic E-state index is 0.0211. The van der Waals surface area contributed by atoms with E-state index in [2.05, 4.69) is 5.32 Å². The second-order valence-corrected chi connectivity index (χ2v) is 9.31. The van der Waals surface area contributed by atoms with Crippen molar-refractivity contribution in [3.05, 3.63) is 35.9 Å². The molecule has 1 aromatic carbocycles. The third-order valence-corrected chi connectivity index (χ3v) is 4.93. The number of aliphatic hydroxyl groups is 1. The number of hydroxylamine groups is 2. The molecular weight excluding hydrogens is 424 g/mol. The number of amides is 2. The van der Waals surface area contributed by atoms with Crippen molar-refractivity contribution >= 4 is 17.8 Å². The molecule has 0 aliphatic carbocycles. The Kier molecular flexibility index (Phi) is 6.73. The first kappa shape index (κ1) is 20.0. The summed E-state index contributed by atoms with van der Waals surface area (Å²) < 4.78 is 49.6. The van der Waals surface area contributed by atoms with Crippen molar-refractivity contribution < 1.29 is 37.3 Å². The highest BCUT2D eigenvalue weighted by atomic mass is 16.7. The number of ketones is 1. The molecule has 1 saturated heterocycles. The topological polar surface area (TPSA) is 105 Å². The molecule has 0 radical (unpaired) electrons. The van der Waals surface area contributed by atoms with Crippen LogP contribution in [0.5, 0.6) is 0 Å². The maximum absolute atomic E-state index is 11.8. The average molecular weight is 471 g/mol. The number of alkyl carbamates (subject to hydrolysis) is 1. The number of ether oxygens (including phenoxy) is 1. The SMILES string of the molecule is [2H]C([2H])([2H])[C@](C)(O)[C@H](NC(=O)OC(C)(C)C)C(=O)CC.[2H]C([2H])([2H])[C@]1(C)[C@H](C)C(=O)N1OCc1ccccc1. The molecule has 2 N–H and O–H groups in total. The van der Waals surface area contributed by atoms with E-state index in [0.29, 0.717) is 0 Å². The number of hydrogen-bond acceptors (Lipinski definition) is 6. The maximum Gasteiger partial charge on any atom is 0.408 e. The van der Waals surface area contributed by atoms with Gasteiger partial charge in [0.15, 0.2) is 5.78 Å². The minimum Gasteiger partial charge on any atom is -0.444 e. The number of rotatable bonds is 7. The van der Waals surface area contributed by atoms with Gasteiger partial charge >= 0.3 is 6.09 Å². The summed E-state index contributed by atoms with van der Waals surface area (Å²) in [6, 6.07) is 7.77. The number of nitrogens with one attached hydrogen (secondary N) is 1. The van der Waals surface area contributed by atoms with Crippen LogP contribution in [0, 0.1) is 5.92 Å². The van der Waals surface area contributed by atoms with Crippen molar-refractivity contribution in [1.82, 2.24) is 10.4 Å². The highest BCUT2D eigenvalue weighted by molar-refractivity contribution is 5.88. The van der Waals surface area contributed by atoms with Crippen LogP contribution in [0.1, 0.15) is 82.4 Å². The van der Waals surface area contributed by atoms with Gasteiger partial charge in [-0.25, -0.2) is 9.86 Å². The van der Waals surface area contributed by atoms with Crippen LogP contribution in [0.15, 0.2) is 30.3 Å². The molecule has 186 valence electrons. The molecule has 1 heterocycles. The van der Waals surface area contributed by atoms with Gasteiger partial charge in [0.1, 0.15) is 18.2 Å². The fourth-order valence-electron chi connectivity index (χ4n) is 2.83. The largest absolute Gasteiger partial charge is 0.444 e. The molecule has 1 aliphatic rings. The van der Waals surface area contributed by atoms with Gasteiger partial charge in [0.2, 0.25) is 0 Å². The number of carbonyl (C=O) groups is 3. The number of benzene rings is 1. The first-order valence-electron chi connectivity index (χ1n) is 13.8. The molecule has 8 nitrogen and oxygen atoms in total. The minimum atomic E-state index is -2.82. The normalized spacial score (nSPS) is 26.2. The molecular formula is C25H40N2O6. The van der Waals surface area contributed by atoms with E-state index in [1.165, 1.54) is 13.8 Å². The molecule has 0 bridgehead atoms. The van der Waals surface area contributed by atoms with E-state index in [1.807, 2.05) is 30.3 Å². The van der Waals surface area contributed by atoms with Gasteiger partial charge in [-0.15, -0.1) is 0 Å². The van der Waals surface area contributed by atoms with Crippen LogP contribution >= 0.6 is 0 Å². The third-order valence-electron chi connectivity index (χ3n) is 4.93. The molecule has 4 atom stereocenters. The van der Waals surface area contributed by atoms with Gasteiger partial charge < -0.3 is 15.2 Å². The van der Waals surface area contributed by atoms with Gasteiger partial charge in [-0.1, -0.05) is 44.2 Å². The van der Waals surface area contributed by atoms with E-state index in [-0.39, 0.29) is 18.9 Å². The Bertz CT molecular complexity index is 1010. The fourth-order valence-corrected chi connectivity index (χ4v) is 2.83. The van der Waals surface area contributed by atoms with Crippen LogP contribution in [-0.2, 0) is 25.8 Å². The number of nitrogens with zero attached hydrogens (tertiary/aromatic N) is 1. The molecule has 8 heteroatoms. The van der Waals surface area contributed by atoms with Crippen molar-refractivity contribution in [2.24, 2.45) is 5.92 Å². The summed E-state index contributed by atoms with van der Waals surface area (Å²) in [5.41, 5.74) is -3.53. The Labute approximate surface area is 206 Å². The Balaban J connectivity index is 0.000000390. The van der Waals surface area contributed by atoms with Gasteiger partial charge in [0.05, 0.1) is 17.1 Å². The molecule has 1 aromatic rings. The molecule has 0 spiro atoms. The summed E-state index contributed by atoms with van der Waals surface area (Å²) in [4.78, 5) is 40.7. The number of Topliss-reactive ketones (excluding diaryl/α,β-unsaturated/α-hetero) is 1. The lowest BCUT2D eigenvalue weighted by Crippen LogP contribution is -2.66. The predicted molar refractivity (Wildman–Crippen MR) is 126 cm³/mol. The fraction of sp³-hybridized carbons (Fsp3) is 0.640. The Morgan fingerprint density at radius 3 is 2.36 bits per heavy atom. The standard InChI is InChI=1S/C13H17NO2.C12H23NO4/c1-10-12(15)14(13(10,2)3)16-9-11-7-5-4-6-8-11;1-7-8(14)9(12(5,6)16)13-10(15)17-11(2,3)4/h4-8,10H,9H2,1-3H3;9,16H,7H2,1-6H3,(H,13,15)/t10-;9-/m11/s1/i2D3;5D3/t10-,13+;9-,12-. The number of hydrogen-bond donors (Lipinski definition) is 2. The van der Waals surface area contributed by atoms with E-state index in [1.54, 1.807) is 27.7 Å². The summed E-state index contributed by atoms with van der Waals surface area (Å²) in [5, 5.41) is 13.3. The van der Waals surface area contributed by atoms with E-state index in [4.69, 9.17) is 17.8 Å². The lowest BCUT2D eigenvalue weighted by molar-refractivity contribution is -0.270. The lowest BCUT2D eigenvalue weighted by Gasteiger charge is -2.50. The highest BCUT2D eigenvalue weighted by Gasteiger charge is 2.52. The van der Waals surface area contributed by atoms with Crippen molar-refractivity contribution in [2.75, 3.05) is 0 Å². The van der Waals surface area contributed by atoms with E-state index in [9.17, 15) is 19.5 Å². The first-order chi connectivity index (χ1) is 17.5. The molecule has 1 fully saturated rings. The Morgan fingerprint density at radius 1 is 1.27 bits per heavy atom. The van der Waals surface area contributed by atoms with E-state index >= 15 is 0 Å². The smallest absolute Gasteiger partial charge is 0.408 e. The van der Waals surface area contributed by atoms with Gasteiger partial charge in [0.25, 0.3) is 5.91 Å². The van der Waals surface area contributed by atoms with Crippen LogP contribution in [0.3, 0.4) is 0 Å². The van der Waals surface area contributed by atoms with Crippen LogP contribution in [0.25, 0.3) is 0 Å². The second kappa shape index (κ2) is 11.1. The Morgan fingerprint density at radius 2 is 1.88 bits per heavy atom. The second-order valence-electron chi connectivity index (χ2n) is 9.31. The summed E-state index contributed by atoms with van der Waals surface area (Å²) in [6.07, 6.45) is -0.971. The van der Waals surface area contributed by atoms with Crippen molar-refractivity contribution in [1.29, 1.82) is 0 Å². The number of β-lactam (4-membered cyclic amide) rings is 1. The van der Waals surface area contributed by atoms with Crippen LogP contribution in [0.2, 0.25) is 0 Å². The van der Waals surface area contributed by atoms with Gasteiger partial charge in [-0.3, -0.25) is 14.4 Å². The quantitative estimate of drug-likeness (QED) is 0.584. The number of carbonyl (C=O) groups excluding carboxylic acids is 3. The van der Waals surface area contributed by atoms with Gasteiger partial charge in [-0.2, -0.15) is 0 Å². The van der Waals surface area contributed by atoms with Crippen LogP contribution in [-0.4, -0.2) is 50.7 Å². The lowest BCUT2D eigenvalue weighted by atomic mass is 9.80. The summed E-state index contributed by atoms with van der Waals surface area (Å²) in [5.74, 6) is -1.43. The van der Waals surface area contributed by atoms with Crippen molar-refractivity contribution in [2.45, 2.75) is 98.0 Å². The van der Waals surface area contributed by atoms with Crippen molar-refractivity contribution in [3.63, 3.8) is 0 Å². The third kappa shape index (κ3) is 8.44. The van der Waals surface area contributed by atoms with Gasteiger partial charge in [-0.05, 0) is 53.9 Å². The molecule has 0 unspecified atom stereocenters. The molecule has 33 heavy (non-hydrogen) atoms. The highest BCUT2D eigenvalue weighted by Crippen LogP contribution is 2.37. The van der Waals surface area contributed by atoms with Crippen molar-refractivity contribution in [3.8, 4) is 0 Å². The zero-order chi connectivity index (χ0) is 30.6. The summed E-state index contributed by atoms with van der Waals surface area (Å²) >= 11 is 0. The van der Waals surface area contributed by atoms with Crippen LogP contribution < -0.4 is 5.32 Å². The summed E-state index contributed by atoms with van der Waals surface area (Å²) in [6.45, 7) is 5.66. The zero-order valence-corrected chi connectivity index (χ0v) is 20.4. The van der Waals surface area contributed by atoms with E-state index < -0.39 is 54.3 Å². The molecule has 1 aliphatic heterocycles. The molecule has 0 saturated carbocycles. The first-order valence-corrected chi connectivity index (χ1v) is 10.8. The van der Waals surface area contributed by atoms with Gasteiger partial charge in [0, 0.05) is 14.6 Å². The predicted octanol–water partition coefficient (Wildman–Crippen LogP) is 4.00.